The van der Waals surface area contributed by atoms with E-state index in [1.807, 2.05) is 0 Å². The molecule has 0 radical (unpaired) electrons. The maximum Gasteiger partial charge on any atom is 0.331 e. The number of rotatable bonds is 5. The zero-order valence-corrected chi connectivity index (χ0v) is 20.7. The van der Waals surface area contributed by atoms with Gasteiger partial charge in [-0.15, -0.1) is 0 Å². The zero-order chi connectivity index (χ0) is 24.8. The molecule has 0 aliphatic heterocycles. The monoisotopic (exact) mass is 558 g/mol. The quantitative estimate of drug-likeness (QED) is 0.159. The molecule has 0 unspecified atom stereocenters. The normalized spacial score (nSPS) is 12.2. The van der Waals surface area contributed by atoms with Crippen LogP contribution < -0.4 is 10.7 Å². The van der Waals surface area contributed by atoms with Crippen molar-refractivity contribution in [2.24, 2.45) is 5.11 Å². The van der Waals surface area contributed by atoms with Gasteiger partial charge in [-0.2, -0.15) is 16.8 Å². The first-order chi connectivity index (χ1) is 15.9. The maximum absolute atomic E-state index is 12.9. The average molecular weight is 559 g/mol. The molecule has 1 heterocycles. The number of benzene rings is 3. The summed E-state index contributed by atoms with van der Waals surface area (Å²) < 4.78 is 66.1. The molecular formula is C20H18CrN4O8S2+2. The minimum atomic E-state index is -4.59. The fourth-order valence-corrected chi connectivity index (χ4v) is 4.66. The van der Waals surface area contributed by atoms with Gasteiger partial charge in [-0.3, -0.25) is 19.0 Å². The molecule has 0 aliphatic rings. The number of azo groups is 1. The van der Waals surface area contributed by atoms with E-state index >= 15 is 0 Å². The second-order valence-corrected chi connectivity index (χ2v) is 10.1. The molecule has 0 saturated carbocycles. The summed E-state index contributed by atoms with van der Waals surface area (Å²) in [5.74, 6) is -0.288. The van der Waals surface area contributed by atoms with E-state index in [0.717, 1.165) is 16.8 Å². The average Bonchev–Trinajstić information content (AvgIpc) is 3.05. The third-order valence-electron chi connectivity index (χ3n) is 4.98. The van der Waals surface area contributed by atoms with Crippen molar-refractivity contribution in [3.63, 3.8) is 0 Å². The van der Waals surface area contributed by atoms with Gasteiger partial charge in [-0.05, 0) is 31.2 Å². The Morgan fingerprint density at radius 1 is 0.971 bits per heavy atom. The van der Waals surface area contributed by atoms with Crippen LogP contribution in [-0.2, 0) is 37.6 Å². The molecule has 4 rings (SSSR count). The minimum absolute atomic E-state index is 0. The van der Waals surface area contributed by atoms with Gasteiger partial charge in [0.2, 0.25) is 5.69 Å². The van der Waals surface area contributed by atoms with Crippen LogP contribution in [0.25, 0.3) is 16.5 Å². The van der Waals surface area contributed by atoms with Crippen LogP contribution in [0.3, 0.4) is 0 Å². The van der Waals surface area contributed by atoms with Gasteiger partial charge >= 0.3 is 17.0 Å². The van der Waals surface area contributed by atoms with E-state index in [-0.39, 0.29) is 50.9 Å². The van der Waals surface area contributed by atoms with E-state index in [1.54, 1.807) is 19.1 Å². The van der Waals surface area contributed by atoms with Gasteiger partial charge in [-0.25, -0.2) is 4.68 Å². The Morgan fingerprint density at radius 2 is 1.63 bits per heavy atom. The molecule has 0 aliphatic carbocycles. The molecule has 0 bridgehead atoms. The van der Waals surface area contributed by atoms with Crippen LogP contribution in [0.2, 0.25) is 0 Å². The summed E-state index contributed by atoms with van der Waals surface area (Å²) in [4.78, 5) is 12.1. The van der Waals surface area contributed by atoms with Gasteiger partial charge in [0.15, 0.2) is 0 Å². The van der Waals surface area contributed by atoms with Crippen LogP contribution >= 0.6 is 0 Å². The van der Waals surface area contributed by atoms with Crippen LogP contribution in [0.5, 0.6) is 5.75 Å². The SMILES string of the molecule is Cc1[nH]n(-c2cccc(S(=O)(=O)O)c2)c(=O)c1N=[NH+]c1c([OH2+])cc(S(=O)(=O)O)c2ccccc12.[Cr]. The number of hydrogen-bond donors (Lipinski definition) is 4. The van der Waals surface area contributed by atoms with Gasteiger partial charge in [0.1, 0.15) is 4.90 Å². The van der Waals surface area contributed by atoms with Crippen molar-refractivity contribution in [2.45, 2.75) is 16.7 Å². The van der Waals surface area contributed by atoms with Crippen LogP contribution in [-0.4, -0.2) is 40.8 Å². The Labute approximate surface area is 209 Å². The topological polar surface area (TPSA) is 196 Å². The van der Waals surface area contributed by atoms with Crippen LogP contribution in [0.4, 0.5) is 11.4 Å². The molecule has 15 heteroatoms. The van der Waals surface area contributed by atoms with E-state index in [4.69, 9.17) is 5.11 Å². The molecule has 12 nitrogen and oxygen atoms in total. The van der Waals surface area contributed by atoms with Gasteiger partial charge in [0.25, 0.3) is 20.2 Å². The van der Waals surface area contributed by atoms with E-state index in [0.29, 0.717) is 5.69 Å². The van der Waals surface area contributed by atoms with E-state index in [1.165, 1.54) is 30.3 Å². The molecule has 0 atom stereocenters. The molecule has 0 saturated heterocycles. The third kappa shape index (κ3) is 5.05. The summed E-state index contributed by atoms with van der Waals surface area (Å²) in [7, 11) is -9.07. The molecular weight excluding hydrogens is 540 g/mol. The number of nitrogens with one attached hydrogen (secondary N) is 2. The summed E-state index contributed by atoms with van der Waals surface area (Å²) in [6.45, 7) is 1.55. The maximum atomic E-state index is 12.9. The number of aromatic nitrogens is 2. The predicted molar refractivity (Wildman–Crippen MR) is 120 cm³/mol. The number of hydrogen-bond acceptors (Lipinski definition) is 6. The largest absolute Gasteiger partial charge is 0.589 e. The molecule has 4 aromatic rings. The second kappa shape index (κ2) is 9.38. The molecule has 1 aromatic heterocycles. The van der Waals surface area contributed by atoms with Gasteiger partial charge in [-0.1, -0.05) is 29.4 Å². The Hall–Kier alpha value is -3.32. The van der Waals surface area contributed by atoms with Crippen molar-refractivity contribution in [2.75, 3.05) is 0 Å². The van der Waals surface area contributed by atoms with Gasteiger partial charge < -0.3 is 5.11 Å². The smallest absolute Gasteiger partial charge is 0.331 e. The van der Waals surface area contributed by atoms with Crippen LogP contribution in [0, 0.1) is 6.92 Å². The first-order valence-corrected chi connectivity index (χ1v) is 12.4. The number of nitrogens with zero attached hydrogens (tertiary/aromatic N) is 2. The van der Waals surface area contributed by atoms with Crippen molar-refractivity contribution in [1.29, 1.82) is 0 Å². The van der Waals surface area contributed by atoms with Crippen LogP contribution in [0.1, 0.15) is 5.69 Å². The summed E-state index contributed by atoms with van der Waals surface area (Å²) in [5, 5.41) is 18.1. The standard InChI is InChI=1S/C20H16N4O8S2.Cr/c1-11-18(20(26)24(23-11)12-5-4-6-13(9-12)33(27,28)29)21-22-19-15-8-3-2-7-14(15)17(10-16(19)25)34(30,31)32;/h2-10,23,25H,1H3,(H,27,28,29)(H,30,31,32);/p+2. The Morgan fingerprint density at radius 3 is 2.26 bits per heavy atom. The molecule has 182 valence electrons. The number of aromatic amines is 1. The third-order valence-corrected chi connectivity index (χ3v) is 6.72. The number of H-pyrrole nitrogens is 1. The van der Waals surface area contributed by atoms with Crippen molar-refractivity contribution in [3.8, 4) is 11.4 Å². The van der Waals surface area contributed by atoms with Crippen molar-refractivity contribution >= 4 is 42.4 Å². The number of aryl methyl sites for hydroxylation is 1. The second-order valence-electron chi connectivity index (χ2n) is 7.24. The van der Waals surface area contributed by atoms with Gasteiger partial charge in [0.05, 0.1) is 27.7 Å². The molecule has 0 fully saturated rings. The fourth-order valence-electron chi connectivity index (χ4n) is 3.42. The summed E-state index contributed by atoms with van der Waals surface area (Å²) in [6.07, 6.45) is 0. The fraction of sp³-hybridized carbons (Fsp3) is 0.0500. The first kappa shape index (κ1) is 26.3. The van der Waals surface area contributed by atoms with E-state index in [9.17, 15) is 30.7 Å². The Balaban J connectivity index is 0.00000342. The summed E-state index contributed by atoms with van der Waals surface area (Å²) in [6, 6.07) is 12.2. The predicted octanol–water partition coefficient (Wildman–Crippen LogP) is 1.05. The molecule has 6 N–H and O–H groups in total. The Kier molecular flexibility index (Phi) is 7.05. The van der Waals surface area contributed by atoms with Crippen LogP contribution in [0.15, 0.2) is 74.3 Å². The van der Waals surface area contributed by atoms with E-state index in [2.05, 4.69) is 15.3 Å². The molecule has 0 spiro atoms. The minimum Gasteiger partial charge on any atom is -0.589 e. The molecule has 3 aromatic carbocycles. The molecule has 0 amide bonds. The van der Waals surface area contributed by atoms with Crippen molar-refractivity contribution in [3.05, 3.63) is 70.6 Å². The van der Waals surface area contributed by atoms with Crippen molar-refractivity contribution < 1.29 is 53.5 Å². The summed E-state index contributed by atoms with van der Waals surface area (Å²) >= 11 is 0. The Bertz CT molecular complexity index is 1760. The van der Waals surface area contributed by atoms with Crippen molar-refractivity contribution in [1.82, 2.24) is 9.78 Å². The first-order valence-electron chi connectivity index (χ1n) is 9.49. The molecule has 35 heavy (non-hydrogen) atoms. The number of fused-ring (bicyclic) bond motifs is 1. The van der Waals surface area contributed by atoms with E-state index < -0.39 is 35.6 Å². The van der Waals surface area contributed by atoms with Gasteiger partial charge in [0, 0.05) is 27.9 Å². The summed E-state index contributed by atoms with van der Waals surface area (Å²) in [5.41, 5.74) is -0.195. The zero-order valence-electron chi connectivity index (χ0n) is 17.8.